The van der Waals surface area contributed by atoms with E-state index in [9.17, 15) is 4.79 Å². The highest BCUT2D eigenvalue weighted by molar-refractivity contribution is 5.85. The minimum atomic E-state index is -0.804. The first-order valence-corrected chi connectivity index (χ1v) is 4.89. The maximum absolute atomic E-state index is 10.6. The molecule has 76 valence electrons. The van der Waals surface area contributed by atoms with Crippen molar-refractivity contribution in [3.63, 3.8) is 0 Å². The Hall–Kier alpha value is -0.790. The van der Waals surface area contributed by atoms with Gasteiger partial charge in [-0.3, -0.25) is 0 Å². The van der Waals surface area contributed by atoms with Crippen LogP contribution in [0.2, 0.25) is 0 Å². The number of aliphatic carboxylic acids is 1. The van der Waals surface area contributed by atoms with Crippen LogP contribution in [0.5, 0.6) is 0 Å². The summed E-state index contributed by atoms with van der Waals surface area (Å²) in [5.74, 6) is 0.237. The summed E-state index contributed by atoms with van der Waals surface area (Å²) < 4.78 is 0. The lowest BCUT2D eigenvalue weighted by molar-refractivity contribution is -0.132. The van der Waals surface area contributed by atoms with Crippen molar-refractivity contribution in [2.24, 2.45) is 11.8 Å². The number of hydrogen-bond donors (Lipinski definition) is 1. The molecule has 0 aliphatic rings. The third kappa shape index (κ3) is 5.45. The van der Waals surface area contributed by atoms with Crippen LogP contribution in [-0.4, -0.2) is 11.1 Å². The summed E-state index contributed by atoms with van der Waals surface area (Å²) in [6, 6.07) is 0. The topological polar surface area (TPSA) is 37.3 Å². The summed E-state index contributed by atoms with van der Waals surface area (Å²) in [5, 5.41) is 8.69. The smallest absolute Gasteiger partial charge is 0.330 e. The number of allylic oxidation sites excluding steroid dienone is 1. The van der Waals surface area contributed by atoms with Gasteiger partial charge in [0.2, 0.25) is 0 Å². The van der Waals surface area contributed by atoms with Crippen LogP contribution >= 0.6 is 0 Å². The molecule has 0 rings (SSSR count). The fraction of sp³-hybridized carbons (Fsp3) is 0.727. The Labute approximate surface area is 80.7 Å². The molecule has 0 aromatic heterocycles. The van der Waals surface area contributed by atoms with Crippen molar-refractivity contribution in [1.82, 2.24) is 0 Å². The van der Waals surface area contributed by atoms with Gasteiger partial charge in [-0.1, -0.05) is 26.8 Å². The summed E-state index contributed by atoms with van der Waals surface area (Å²) in [5.41, 5.74) is 0.465. The number of carboxylic acid groups (broad SMARTS) is 1. The highest BCUT2D eigenvalue weighted by Crippen LogP contribution is 2.18. The van der Waals surface area contributed by atoms with Gasteiger partial charge in [0.05, 0.1) is 0 Å². The van der Waals surface area contributed by atoms with Gasteiger partial charge < -0.3 is 5.11 Å². The first-order valence-electron chi connectivity index (χ1n) is 4.89. The second-order valence-corrected chi connectivity index (χ2v) is 3.95. The van der Waals surface area contributed by atoms with Crippen molar-refractivity contribution in [2.45, 2.75) is 40.5 Å². The van der Waals surface area contributed by atoms with Crippen molar-refractivity contribution in [2.75, 3.05) is 0 Å². The quantitative estimate of drug-likeness (QED) is 0.667. The molecule has 0 saturated carbocycles. The molecule has 2 nitrogen and oxygen atoms in total. The van der Waals surface area contributed by atoms with E-state index in [0.717, 1.165) is 12.8 Å². The first-order chi connectivity index (χ1) is 5.97. The Bertz CT molecular complexity index is 192. The lowest BCUT2D eigenvalue weighted by Crippen LogP contribution is -2.04. The maximum atomic E-state index is 10.6. The third-order valence-electron chi connectivity index (χ3n) is 2.12. The molecule has 1 unspecified atom stereocenters. The fourth-order valence-corrected chi connectivity index (χ4v) is 1.38. The van der Waals surface area contributed by atoms with E-state index in [4.69, 9.17) is 5.11 Å². The van der Waals surface area contributed by atoms with Gasteiger partial charge in [0.15, 0.2) is 0 Å². The van der Waals surface area contributed by atoms with Crippen LogP contribution < -0.4 is 0 Å². The summed E-state index contributed by atoms with van der Waals surface area (Å²) in [4.78, 5) is 10.6. The number of hydrogen-bond acceptors (Lipinski definition) is 1. The molecule has 0 bridgehead atoms. The monoisotopic (exact) mass is 184 g/mol. The van der Waals surface area contributed by atoms with Crippen LogP contribution in [0.3, 0.4) is 0 Å². The molecule has 0 heterocycles. The van der Waals surface area contributed by atoms with Gasteiger partial charge in [0.25, 0.3) is 0 Å². The normalized spacial score (nSPS) is 14.7. The molecule has 0 spiro atoms. The Balaban J connectivity index is 4.26. The highest BCUT2D eigenvalue weighted by atomic mass is 16.4. The van der Waals surface area contributed by atoms with Gasteiger partial charge in [-0.25, -0.2) is 4.79 Å². The third-order valence-corrected chi connectivity index (χ3v) is 2.12. The lowest BCUT2D eigenvalue weighted by atomic mass is 9.93. The fourth-order valence-electron chi connectivity index (χ4n) is 1.38. The Kier molecular flexibility index (Phi) is 5.44. The molecule has 2 heteroatoms. The number of rotatable bonds is 5. The van der Waals surface area contributed by atoms with Crippen LogP contribution in [-0.2, 0) is 4.79 Å². The second-order valence-electron chi connectivity index (χ2n) is 3.95. The second kappa shape index (κ2) is 5.79. The molecule has 0 amide bonds. The molecular formula is C11H20O2. The lowest BCUT2D eigenvalue weighted by Gasteiger charge is -2.13. The number of carbonyl (C=O) groups is 1. The van der Waals surface area contributed by atoms with Crippen molar-refractivity contribution in [3.05, 3.63) is 11.6 Å². The van der Waals surface area contributed by atoms with Crippen LogP contribution in [0.15, 0.2) is 11.6 Å². The SMILES string of the molecule is CCC(C=C(C)C(=O)O)CC(C)C. The average Bonchev–Trinajstić information content (AvgIpc) is 2.02. The molecule has 0 fully saturated rings. The largest absolute Gasteiger partial charge is 0.478 e. The van der Waals surface area contributed by atoms with Crippen molar-refractivity contribution < 1.29 is 9.90 Å². The molecule has 0 aliphatic carbocycles. The van der Waals surface area contributed by atoms with Crippen LogP contribution in [0, 0.1) is 11.8 Å². The zero-order valence-corrected chi connectivity index (χ0v) is 9.00. The van der Waals surface area contributed by atoms with Gasteiger partial charge in [0.1, 0.15) is 0 Å². The summed E-state index contributed by atoms with van der Waals surface area (Å²) in [6.45, 7) is 8.07. The minimum Gasteiger partial charge on any atom is -0.478 e. The Morgan fingerprint density at radius 2 is 2.00 bits per heavy atom. The summed E-state index contributed by atoms with van der Waals surface area (Å²) in [6.07, 6.45) is 3.96. The zero-order valence-electron chi connectivity index (χ0n) is 9.00. The predicted octanol–water partition coefficient (Wildman–Crippen LogP) is 3.09. The Morgan fingerprint density at radius 3 is 2.31 bits per heavy atom. The van der Waals surface area contributed by atoms with E-state index in [1.54, 1.807) is 6.92 Å². The highest BCUT2D eigenvalue weighted by Gasteiger charge is 2.08. The maximum Gasteiger partial charge on any atom is 0.330 e. The molecule has 0 aliphatic heterocycles. The Morgan fingerprint density at radius 1 is 1.46 bits per heavy atom. The van der Waals surface area contributed by atoms with E-state index in [1.807, 2.05) is 6.08 Å². The van der Waals surface area contributed by atoms with E-state index >= 15 is 0 Å². The van der Waals surface area contributed by atoms with E-state index in [-0.39, 0.29) is 0 Å². The molecule has 0 aromatic carbocycles. The van der Waals surface area contributed by atoms with Crippen molar-refractivity contribution in [1.29, 1.82) is 0 Å². The van der Waals surface area contributed by atoms with Gasteiger partial charge in [-0.15, -0.1) is 0 Å². The predicted molar refractivity (Wildman–Crippen MR) is 54.6 cm³/mol. The van der Waals surface area contributed by atoms with Gasteiger partial charge >= 0.3 is 5.97 Å². The van der Waals surface area contributed by atoms with Gasteiger partial charge in [-0.2, -0.15) is 0 Å². The summed E-state index contributed by atoms with van der Waals surface area (Å²) in [7, 11) is 0. The molecule has 0 aromatic rings. The first kappa shape index (κ1) is 12.2. The molecule has 0 radical (unpaired) electrons. The van der Waals surface area contributed by atoms with Crippen LogP contribution in [0.1, 0.15) is 40.5 Å². The molecule has 0 saturated heterocycles. The van der Waals surface area contributed by atoms with E-state index in [1.165, 1.54) is 0 Å². The van der Waals surface area contributed by atoms with Crippen LogP contribution in [0.25, 0.3) is 0 Å². The van der Waals surface area contributed by atoms with E-state index < -0.39 is 5.97 Å². The minimum absolute atomic E-state index is 0.413. The molecular weight excluding hydrogens is 164 g/mol. The van der Waals surface area contributed by atoms with Crippen LogP contribution in [0.4, 0.5) is 0 Å². The van der Waals surface area contributed by atoms with Gasteiger partial charge in [0, 0.05) is 5.57 Å². The van der Waals surface area contributed by atoms with Gasteiger partial charge in [-0.05, 0) is 31.6 Å². The van der Waals surface area contributed by atoms with E-state index in [0.29, 0.717) is 17.4 Å². The molecule has 13 heavy (non-hydrogen) atoms. The van der Waals surface area contributed by atoms with Crippen molar-refractivity contribution in [3.8, 4) is 0 Å². The molecule has 1 N–H and O–H groups in total. The summed E-state index contributed by atoms with van der Waals surface area (Å²) >= 11 is 0. The average molecular weight is 184 g/mol. The van der Waals surface area contributed by atoms with E-state index in [2.05, 4.69) is 20.8 Å². The number of carboxylic acids is 1. The standard InChI is InChI=1S/C11H20O2/c1-5-10(6-8(2)3)7-9(4)11(12)13/h7-8,10H,5-6H2,1-4H3,(H,12,13). The molecule has 1 atom stereocenters. The van der Waals surface area contributed by atoms with Crippen molar-refractivity contribution >= 4 is 5.97 Å². The zero-order chi connectivity index (χ0) is 10.4.